The fourth-order valence-electron chi connectivity index (χ4n) is 2.90. The Hall–Kier alpha value is -1.08. The van der Waals surface area contributed by atoms with E-state index < -0.39 is 0 Å². The molecule has 0 aliphatic heterocycles. The Morgan fingerprint density at radius 2 is 1.79 bits per heavy atom. The van der Waals surface area contributed by atoms with Crippen LogP contribution >= 0.6 is 0 Å². The van der Waals surface area contributed by atoms with Gasteiger partial charge in [-0.05, 0) is 44.7 Å². The number of allylic oxidation sites excluding steroid dienone is 1. The van der Waals surface area contributed by atoms with Gasteiger partial charge in [0.05, 0.1) is 6.04 Å². The first-order valence-electron chi connectivity index (χ1n) is 7.80. The van der Waals surface area contributed by atoms with Crippen LogP contribution in [0.2, 0.25) is 0 Å². The normalized spacial score (nSPS) is 21.1. The highest BCUT2D eigenvalue weighted by Crippen LogP contribution is 2.28. The smallest absolute Gasteiger partial charge is 0.0535 e. The molecule has 0 spiro atoms. The van der Waals surface area contributed by atoms with Crippen molar-refractivity contribution >= 4 is 0 Å². The Labute approximate surface area is 118 Å². The second-order valence-corrected chi connectivity index (χ2v) is 5.63. The molecule has 0 amide bonds. The molecule has 104 valence electrons. The molecule has 1 unspecified atom stereocenters. The third-order valence-corrected chi connectivity index (χ3v) is 4.02. The second-order valence-electron chi connectivity index (χ2n) is 5.63. The Kier molecular flexibility index (Phi) is 5.65. The standard InChI is InChI=1S/C18H27N/c1-3-19-18(17-13-11-15(2)12-14-17)16-9-7-5-4-6-8-10-16/h9,11-14,18-19H,3-8,10H2,1-2H3/b16-9+. The van der Waals surface area contributed by atoms with Gasteiger partial charge in [0.1, 0.15) is 0 Å². The van der Waals surface area contributed by atoms with E-state index in [0.29, 0.717) is 6.04 Å². The van der Waals surface area contributed by atoms with Crippen molar-refractivity contribution in [3.8, 4) is 0 Å². The zero-order chi connectivity index (χ0) is 13.5. The molecule has 0 radical (unpaired) electrons. The summed E-state index contributed by atoms with van der Waals surface area (Å²) in [6, 6.07) is 9.43. The van der Waals surface area contributed by atoms with Gasteiger partial charge in [-0.25, -0.2) is 0 Å². The van der Waals surface area contributed by atoms with E-state index in [1.165, 1.54) is 49.7 Å². The SMILES string of the molecule is CCNC(/C1=C/CCCCCC1)c1ccc(C)cc1. The van der Waals surface area contributed by atoms with Crippen molar-refractivity contribution in [3.05, 3.63) is 47.0 Å². The van der Waals surface area contributed by atoms with Crippen LogP contribution < -0.4 is 5.32 Å². The van der Waals surface area contributed by atoms with E-state index in [9.17, 15) is 0 Å². The molecule has 1 aliphatic carbocycles. The molecule has 0 saturated carbocycles. The van der Waals surface area contributed by atoms with Crippen LogP contribution in [0.3, 0.4) is 0 Å². The molecule has 1 aromatic rings. The lowest BCUT2D eigenvalue weighted by Gasteiger charge is -2.23. The largest absolute Gasteiger partial charge is 0.307 e. The zero-order valence-electron chi connectivity index (χ0n) is 12.4. The van der Waals surface area contributed by atoms with Gasteiger partial charge in [-0.15, -0.1) is 0 Å². The molecule has 0 fully saturated rings. The molecular formula is C18H27N. The first-order chi connectivity index (χ1) is 9.31. The first kappa shape index (κ1) is 14.3. The molecule has 0 bridgehead atoms. The third kappa shape index (κ3) is 4.21. The fourth-order valence-corrected chi connectivity index (χ4v) is 2.90. The Bertz CT molecular complexity index is 402. The highest BCUT2D eigenvalue weighted by molar-refractivity contribution is 5.31. The number of hydrogen-bond donors (Lipinski definition) is 1. The van der Waals surface area contributed by atoms with Crippen LogP contribution in [0.15, 0.2) is 35.9 Å². The van der Waals surface area contributed by atoms with Crippen LogP contribution in [0.4, 0.5) is 0 Å². The summed E-state index contributed by atoms with van der Waals surface area (Å²) in [5.41, 5.74) is 4.36. The maximum atomic E-state index is 3.67. The van der Waals surface area contributed by atoms with Gasteiger partial charge in [-0.2, -0.15) is 0 Å². The number of nitrogens with one attached hydrogen (secondary N) is 1. The summed E-state index contributed by atoms with van der Waals surface area (Å²) >= 11 is 0. The van der Waals surface area contributed by atoms with E-state index in [2.05, 4.69) is 49.5 Å². The second kappa shape index (κ2) is 7.49. The molecule has 2 rings (SSSR count). The van der Waals surface area contributed by atoms with Crippen molar-refractivity contribution in [3.63, 3.8) is 0 Å². The van der Waals surface area contributed by atoms with Gasteiger partial charge < -0.3 is 5.32 Å². The highest BCUT2D eigenvalue weighted by Gasteiger charge is 2.15. The van der Waals surface area contributed by atoms with E-state index in [0.717, 1.165) is 6.54 Å². The van der Waals surface area contributed by atoms with Crippen LogP contribution in [0.1, 0.15) is 62.6 Å². The molecule has 19 heavy (non-hydrogen) atoms. The zero-order valence-corrected chi connectivity index (χ0v) is 12.4. The number of rotatable bonds is 4. The van der Waals surface area contributed by atoms with Gasteiger partial charge in [0.25, 0.3) is 0 Å². The summed E-state index contributed by atoms with van der Waals surface area (Å²) in [7, 11) is 0. The van der Waals surface area contributed by atoms with E-state index in [4.69, 9.17) is 0 Å². The molecule has 0 aromatic heterocycles. The summed E-state index contributed by atoms with van der Waals surface area (Å²) in [5, 5.41) is 3.67. The Morgan fingerprint density at radius 3 is 2.53 bits per heavy atom. The summed E-state index contributed by atoms with van der Waals surface area (Å²) in [6.45, 7) is 5.38. The van der Waals surface area contributed by atoms with Crippen LogP contribution in [0.25, 0.3) is 0 Å². The van der Waals surface area contributed by atoms with Crippen LogP contribution in [-0.4, -0.2) is 6.54 Å². The van der Waals surface area contributed by atoms with Gasteiger partial charge >= 0.3 is 0 Å². The minimum Gasteiger partial charge on any atom is -0.307 e. The van der Waals surface area contributed by atoms with Crippen molar-refractivity contribution < 1.29 is 0 Å². The first-order valence-corrected chi connectivity index (χ1v) is 7.80. The quantitative estimate of drug-likeness (QED) is 0.754. The summed E-state index contributed by atoms with van der Waals surface area (Å²) in [6.07, 6.45) is 10.5. The maximum absolute atomic E-state index is 3.67. The molecule has 1 heteroatoms. The average molecular weight is 257 g/mol. The van der Waals surface area contributed by atoms with Crippen molar-refractivity contribution in [1.82, 2.24) is 5.32 Å². The molecule has 0 saturated heterocycles. The van der Waals surface area contributed by atoms with E-state index in [1.54, 1.807) is 5.57 Å². The molecule has 0 heterocycles. The summed E-state index contributed by atoms with van der Waals surface area (Å²) in [4.78, 5) is 0. The van der Waals surface area contributed by atoms with Gasteiger partial charge in [0.2, 0.25) is 0 Å². The molecule has 1 aliphatic rings. The lowest BCUT2D eigenvalue weighted by Crippen LogP contribution is -2.23. The van der Waals surface area contributed by atoms with Crippen LogP contribution in [0, 0.1) is 6.92 Å². The Morgan fingerprint density at radius 1 is 1.05 bits per heavy atom. The summed E-state index contributed by atoms with van der Waals surface area (Å²) in [5.74, 6) is 0. The van der Waals surface area contributed by atoms with Crippen molar-refractivity contribution in [2.75, 3.05) is 6.54 Å². The maximum Gasteiger partial charge on any atom is 0.0535 e. The number of benzene rings is 1. The topological polar surface area (TPSA) is 12.0 Å². The van der Waals surface area contributed by atoms with E-state index in [-0.39, 0.29) is 0 Å². The molecule has 1 nitrogen and oxygen atoms in total. The van der Waals surface area contributed by atoms with Crippen LogP contribution in [0.5, 0.6) is 0 Å². The number of aryl methyl sites for hydroxylation is 1. The number of hydrogen-bond acceptors (Lipinski definition) is 1. The Balaban J connectivity index is 2.20. The van der Waals surface area contributed by atoms with Crippen molar-refractivity contribution in [2.45, 2.75) is 58.4 Å². The van der Waals surface area contributed by atoms with Gasteiger partial charge in [0, 0.05) is 0 Å². The van der Waals surface area contributed by atoms with Crippen molar-refractivity contribution in [2.24, 2.45) is 0 Å². The predicted octanol–water partition coefficient (Wildman–Crippen LogP) is 4.93. The lowest BCUT2D eigenvalue weighted by molar-refractivity contribution is 0.554. The fraction of sp³-hybridized carbons (Fsp3) is 0.556. The summed E-state index contributed by atoms with van der Waals surface area (Å²) < 4.78 is 0. The highest BCUT2D eigenvalue weighted by atomic mass is 14.9. The minimum absolute atomic E-state index is 0.420. The van der Waals surface area contributed by atoms with Gasteiger partial charge in [-0.3, -0.25) is 0 Å². The van der Waals surface area contributed by atoms with Crippen molar-refractivity contribution in [1.29, 1.82) is 0 Å². The van der Waals surface area contributed by atoms with Gasteiger partial charge in [-0.1, -0.05) is 61.2 Å². The van der Waals surface area contributed by atoms with E-state index in [1.807, 2.05) is 0 Å². The van der Waals surface area contributed by atoms with E-state index >= 15 is 0 Å². The molecular weight excluding hydrogens is 230 g/mol. The molecule has 1 atom stereocenters. The molecule has 1 aromatic carbocycles. The average Bonchev–Trinajstić information content (AvgIpc) is 2.38. The molecule has 1 N–H and O–H groups in total. The van der Waals surface area contributed by atoms with Gasteiger partial charge in [0.15, 0.2) is 0 Å². The minimum atomic E-state index is 0.420. The number of likely N-dealkylation sites (N-methyl/N-ethyl adjacent to an activating group) is 1. The monoisotopic (exact) mass is 257 g/mol. The lowest BCUT2D eigenvalue weighted by atomic mass is 9.90. The third-order valence-electron chi connectivity index (χ3n) is 4.02. The van der Waals surface area contributed by atoms with Crippen LogP contribution in [-0.2, 0) is 0 Å². The predicted molar refractivity (Wildman–Crippen MR) is 83.4 cm³/mol.